The maximum atomic E-state index is 13.8. The first-order valence-electron chi connectivity index (χ1n) is 8.22. The van der Waals surface area contributed by atoms with Gasteiger partial charge >= 0.3 is 0 Å². The van der Waals surface area contributed by atoms with Gasteiger partial charge < -0.3 is 14.8 Å². The Morgan fingerprint density at radius 1 is 1.00 bits per heavy atom. The van der Waals surface area contributed by atoms with Crippen molar-refractivity contribution in [3.8, 4) is 11.5 Å². The van der Waals surface area contributed by atoms with Gasteiger partial charge in [0.1, 0.15) is 11.5 Å². The number of rotatable bonds is 6. The molecule has 0 spiro atoms. The molecule has 0 aliphatic carbocycles. The summed E-state index contributed by atoms with van der Waals surface area (Å²) in [6, 6.07) is 6.04. The number of ether oxygens (including phenoxy) is 2. The number of nitrogens with one attached hydrogen (secondary N) is 1. The molecule has 0 saturated carbocycles. The molecule has 0 unspecified atom stereocenters. The summed E-state index contributed by atoms with van der Waals surface area (Å²) in [6.45, 7) is -0.574. The van der Waals surface area contributed by atoms with E-state index in [1.165, 1.54) is 38.6 Å². The SMILES string of the molecule is COc1cc(OC)cc(C(=O)Nc2ccn(Cc3c(F)c(F)cc(F)c3F)n2)c1. The van der Waals surface area contributed by atoms with Crippen LogP contribution in [0.4, 0.5) is 23.4 Å². The van der Waals surface area contributed by atoms with Crippen molar-refractivity contribution in [3.63, 3.8) is 0 Å². The van der Waals surface area contributed by atoms with Crippen LogP contribution in [0.2, 0.25) is 0 Å². The van der Waals surface area contributed by atoms with Crippen LogP contribution in [0.25, 0.3) is 0 Å². The fourth-order valence-corrected chi connectivity index (χ4v) is 2.57. The molecule has 3 rings (SSSR count). The number of hydrogen-bond acceptors (Lipinski definition) is 4. The lowest BCUT2D eigenvalue weighted by atomic mass is 10.2. The van der Waals surface area contributed by atoms with E-state index in [9.17, 15) is 22.4 Å². The van der Waals surface area contributed by atoms with Crippen LogP contribution >= 0.6 is 0 Å². The smallest absolute Gasteiger partial charge is 0.257 e. The largest absolute Gasteiger partial charge is 0.497 e. The molecule has 3 aromatic rings. The molecule has 0 bridgehead atoms. The highest BCUT2D eigenvalue weighted by Crippen LogP contribution is 2.23. The third-order valence-electron chi connectivity index (χ3n) is 4.02. The Morgan fingerprint density at radius 2 is 1.59 bits per heavy atom. The number of anilines is 1. The summed E-state index contributed by atoms with van der Waals surface area (Å²) in [4.78, 5) is 12.4. The van der Waals surface area contributed by atoms with Crippen molar-refractivity contribution in [2.75, 3.05) is 19.5 Å². The van der Waals surface area contributed by atoms with Gasteiger partial charge in [0.25, 0.3) is 5.91 Å². The molecule has 0 saturated heterocycles. The van der Waals surface area contributed by atoms with E-state index >= 15 is 0 Å². The lowest BCUT2D eigenvalue weighted by Crippen LogP contribution is -2.14. The summed E-state index contributed by atoms with van der Waals surface area (Å²) < 4.78 is 65.5. The molecular weight excluding hydrogens is 394 g/mol. The normalized spacial score (nSPS) is 10.7. The second-order valence-corrected chi connectivity index (χ2v) is 5.90. The summed E-state index contributed by atoms with van der Waals surface area (Å²) >= 11 is 0. The predicted octanol–water partition coefficient (Wildman–Crippen LogP) is 3.76. The van der Waals surface area contributed by atoms with Crippen LogP contribution in [0.3, 0.4) is 0 Å². The molecule has 10 heteroatoms. The molecule has 152 valence electrons. The predicted molar refractivity (Wildman–Crippen MR) is 95.1 cm³/mol. The van der Waals surface area contributed by atoms with Gasteiger partial charge in [0, 0.05) is 30.0 Å². The molecule has 0 aliphatic heterocycles. The average Bonchev–Trinajstić information content (AvgIpc) is 3.16. The number of benzene rings is 2. The van der Waals surface area contributed by atoms with Gasteiger partial charge in [-0.05, 0) is 12.1 Å². The van der Waals surface area contributed by atoms with E-state index < -0.39 is 41.3 Å². The third kappa shape index (κ3) is 4.31. The number of halogens is 4. The zero-order chi connectivity index (χ0) is 21.1. The molecule has 1 heterocycles. The number of carbonyl (C=O) groups is 1. The zero-order valence-electron chi connectivity index (χ0n) is 15.3. The minimum Gasteiger partial charge on any atom is -0.497 e. The van der Waals surface area contributed by atoms with Crippen molar-refractivity contribution in [2.45, 2.75) is 6.54 Å². The summed E-state index contributed by atoms with van der Waals surface area (Å²) in [5.74, 6) is -5.70. The van der Waals surface area contributed by atoms with E-state index in [1.54, 1.807) is 6.07 Å². The molecular formula is C19H15F4N3O3. The molecule has 1 amide bonds. The van der Waals surface area contributed by atoms with Crippen molar-refractivity contribution < 1.29 is 31.8 Å². The Kier molecular flexibility index (Phi) is 5.71. The molecule has 0 radical (unpaired) electrons. The molecule has 29 heavy (non-hydrogen) atoms. The Balaban J connectivity index is 1.79. The van der Waals surface area contributed by atoms with Gasteiger partial charge in [-0.25, -0.2) is 17.6 Å². The van der Waals surface area contributed by atoms with Crippen LogP contribution in [-0.2, 0) is 6.54 Å². The lowest BCUT2D eigenvalue weighted by Gasteiger charge is -2.08. The molecule has 6 nitrogen and oxygen atoms in total. The zero-order valence-corrected chi connectivity index (χ0v) is 15.3. The molecule has 1 aromatic heterocycles. The highest BCUT2D eigenvalue weighted by atomic mass is 19.2. The van der Waals surface area contributed by atoms with Crippen molar-refractivity contribution in [3.05, 3.63) is 70.9 Å². The first-order chi connectivity index (χ1) is 13.8. The Labute approximate surface area is 162 Å². The number of amides is 1. The third-order valence-corrected chi connectivity index (χ3v) is 4.02. The number of methoxy groups -OCH3 is 2. The van der Waals surface area contributed by atoms with Crippen molar-refractivity contribution in [1.82, 2.24) is 9.78 Å². The highest BCUT2D eigenvalue weighted by Gasteiger charge is 2.20. The molecule has 2 aromatic carbocycles. The Morgan fingerprint density at radius 3 is 2.14 bits per heavy atom. The van der Waals surface area contributed by atoms with Crippen LogP contribution in [0.1, 0.15) is 15.9 Å². The van der Waals surface area contributed by atoms with E-state index in [4.69, 9.17) is 9.47 Å². The standard InChI is InChI=1S/C19H15F4N3O3/c1-28-11-5-10(6-12(7-11)29-2)19(27)24-16-3-4-26(25-16)9-13-17(22)14(20)8-15(21)18(13)23/h3-8H,9H2,1-2H3,(H,24,25,27). The van der Waals surface area contributed by atoms with E-state index in [0.29, 0.717) is 11.5 Å². The fraction of sp³-hybridized carbons (Fsp3) is 0.158. The van der Waals surface area contributed by atoms with E-state index in [2.05, 4.69) is 10.4 Å². The minimum absolute atomic E-state index is 0.0643. The van der Waals surface area contributed by atoms with Gasteiger partial charge in [-0.2, -0.15) is 5.10 Å². The molecule has 0 fully saturated rings. The Hall–Kier alpha value is -3.56. The highest BCUT2D eigenvalue weighted by molar-refractivity contribution is 6.04. The number of nitrogens with zero attached hydrogens (tertiary/aromatic N) is 2. The minimum atomic E-state index is -1.51. The first-order valence-corrected chi connectivity index (χ1v) is 8.22. The van der Waals surface area contributed by atoms with Crippen molar-refractivity contribution >= 4 is 11.7 Å². The topological polar surface area (TPSA) is 65.4 Å². The second-order valence-electron chi connectivity index (χ2n) is 5.90. The quantitative estimate of drug-likeness (QED) is 0.498. The van der Waals surface area contributed by atoms with E-state index in [-0.39, 0.29) is 17.4 Å². The average molecular weight is 409 g/mol. The molecule has 0 aliphatic rings. The fourth-order valence-electron chi connectivity index (χ4n) is 2.57. The number of aromatic nitrogens is 2. The van der Waals surface area contributed by atoms with Crippen LogP contribution in [0.5, 0.6) is 11.5 Å². The van der Waals surface area contributed by atoms with Gasteiger partial charge in [0.05, 0.1) is 26.3 Å². The Bertz CT molecular complexity index is 1020. The van der Waals surface area contributed by atoms with Crippen LogP contribution in [0.15, 0.2) is 36.5 Å². The van der Waals surface area contributed by atoms with Gasteiger partial charge in [-0.15, -0.1) is 0 Å². The summed E-state index contributed by atoms with van der Waals surface area (Å²) in [6.07, 6.45) is 1.30. The lowest BCUT2D eigenvalue weighted by molar-refractivity contribution is 0.102. The maximum Gasteiger partial charge on any atom is 0.257 e. The summed E-state index contributed by atoms with van der Waals surface area (Å²) in [5.41, 5.74) is -0.596. The molecule has 0 atom stereocenters. The van der Waals surface area contributed by atoms with E-state index in [1.807, 2.05) is 0 Å². The van der Waals surface area contributed by atoms with Crippen molar-refractivity contribution in [1.29, 1.82) is 0 Å². The summed E-state index contributed by atoms with van der Waals surface area (Å²) in [5, 5.41) is 6.44. The first kappa shape index (κ1) is 20.2. The monoisotopic (exact) mass is 409 g/mol. The van der Waals surface area contributed by atoms with Gasteiger partial charge in [-0.3, -0.25) is 9.48 Å². The second kappa shape index (κ2) is 8.21. The molecule has 1 N–H and O–H groups in total. The van der Waals surface area contributed by atoms with Crippen LogP contribution < -0.4 is 14.8 Å². The van der Waals surface area contributed by atoms with Crippen LogP contribution in [-0.4, -0.2) is 29.9 Å². The number of carbonyl (C=O) groups excluding carboxylic acids is 1. The van der Waals surface area contributed by atoms with Crippen LogP contribution in [0, 0.1) is 23.3 Å². The van der Waals surface area contributed by atoms with Crippen molar-refractivity contribution in [2.24, 2.45) is 0 Å². The van der Waals surface area contributed by atoms with Gasteiger partial charge in [0.2, 0.25) is 0 Å². The number of hydrogen-bond donors (Lipinski definition) is 1. The maximum absolute atomic E-state index is 13.8. The van der Waals surface area contributed by atoms with E-state index in [0.717, 1.165) is 4.68 Å². The summed E-state index contributed by atoms with van der Waals surface area (Å²) in [7, 11) is 2.87. The van der Waals surface area contributed by atoms with Gasteiger partial charge in [-0.1, -0.05) is 0 Å². The van der Waals surface area contributed by atoms with Gasteiger partial charge in [0.15, 0.2) is 29.1 Å².